The van der Waals surface area contributed by atoms with Crippen LogP contribution in [0.3, 0.4) is 0 Å². The summed E-state index contributed by atoms with van der Waals surface area (Å²) in [4.78, 5) is 16.5. The first-order valence-electron chi connectivity index (χ1n) is 7.65. The largest absolute Gasteiger partial charge is 0.355 e. The van der Waals surface area contributed by atoms with E-state index < -0.39 is 0 Å². The van der Waals surface area contributed by atoms with Gasteiger partial charge in [-0.3, -0.25) is 4.79 Å². The summed E-state index contributed by atoms with van der Waals surface area (Å²) in [6.07, 6.45) is 2.34. The number of nitrogens with zero attached hydrogens (tertiary/aromatic N) is 3. The van der Waals surface area contributed by atoms with Crippen LogP contribution in [0.15, 0.2) is 35.5 Å². The number of thioether (sulfide) groups is 1. The minimum absolute atomic E-state index is 0.0246. The van der Waals surface area contributed by atoms with Crippen LogP contribution in [-0.4, -0.2) is 32.5 Å². The van der Waals surface area contributed by atoms with E-state index in [0.717, 1.165) is 11.5 Å². The molecule has 116 valence electrons. The average molecular weight is 316 g/mol. The standard InChI is InChI=1S/C16H20N4OS/c1-3-17-15(21)11(2)22-16-18-14(12-9-10-12)20(19-16)13-7-5-4-6-8-13/h4-8,11-12H,3,9-10H2,1-2H3,(H,17,21)/t11-/m0/s1. The zero-order valence-electron chi connectivity index (χ0n) is 12.8. The molecular formula is C16H20N4OS. The molecule has 0 aliphatic heterocycles. The van der Waals surface area contributed by atoms with Crippen molar-refractivity contribution in [2.24, 2.45) is 0 Å². The minimum Gasteiger partial charge on any atom is -0.355 e. The Morgan fingerprint density at radius 2 is 2.14 bits per heavy atom. The molecule has 22 heavy (non-hydrogen) atoms. The van der Waals surface area contributed by atoms with Crippen molar-refractivity contribution in [1.29, 1.82) is 0 Å². The van der Waals surface area contributed by atoms with Gasteiger partial charge in [0, 0.05) is 12.5 Å². The second kappa shape index (κ2) is 6.52. The van der Waals surface area contributed by atoms with Crippen molar-refractivity contribution in [3.63, 3.8) is 0 Å². The molecule has 2 aromatic rings. The van der Waals surface area contributed by atoms with Gasteiger partial charge < -0.3 is 5.32 Å². The molecular weight excluding hydrogens is 296 g/mol. The van der Waals surface area contributed by atoms with Crippen LogP contribution in [0.4, 0.5) is 0 Å². The zero-order chi connectivity index (χ0) is 15.5. The van der Waals surface area contributed by atoms with Crippen molar-refractivity contribution in [3.05, 3.63) is 36.2 Å². The molecule has 3 rings (SSSR count). The van der Waals surface area contributed by atoms with Crippen LogP contribution in [-0.2, 0) is 4.79 Å². The predicted molar refractivity (Wildman–Crippen MR) is 87.3 cm³/mol. The highest BCUT2D eigenvalue weighted by atomic mass is 32.2. The van der Waals surface area contributed by atoms with Crippen LogP contribution in [0.25, 0.3) is 5.69 Å². The van der Waals surface area contributed by atoms with Crippen molar-refractivity contribution in [1.82, 2.24) is 20.1 Å². The smallest absolute Gasteiger partial charge is 0.233 e. The lowest BCUT2D eigenvalue weighted by molar-refractivity contribution is -0.120. The fourth-order valence-corrected chi connectivity index (χ4v) is 3.03. The Labute approximate surface area is 134 Å². The summed E-state index contributed by atoms with van der Waals surface area (Å²) in [6.45, 7) is 4.45. The normalized spacial score (nSPS) is 15.5. The molecule has 0 spiro atoms. The molecule has 1 N–H and O–H groups in total. The van der Waals surface area contributed by atoms with E-state index in [0.29, 0.717) is 17.6 Å². The van der Waals surface area contributed by atoms with Crippen molar-refractivity contribution in [2.75, 3.05) is 6.54 Å². The number of nitrogens with one attached hydrogen (secondary N) is 1. The number of para-hydroxylation sites is 1. The monoisotopic (exact) mass is 316 g/mol. The third-order valence-electron chi connectivity index (χ3n) is 3.56. The van der Waals surface area contributed by atoms with Gasteiger partial charge in [0.25, 0.3) is 0 Å². The van der Waals surface area contributed by atoms with Gasteiger partial charge in [0.2, 0.25) is 11.1 Å². The van der Waals surface area contributed by atoms with Gasteiger partial charge in [-0.25, -0.2) is 9.67 Å². The maximum atomic E-state index is 11.9. The van der Waals surface area contributed by atoms with E-state index >= 15 is 0 Å². The molecule has 1 aliphatic carbocycles. The maximum absolute atomic E-state index is 11.9. The van der Waals surface area contributed by atoms with Gasteiger partial charge in [-0.1, -0.05) is 30.0 Å². The maximum Gasteiger partial charge on any atom is 0.233 e. The zero-order valence-corrected chi connectivity index (χ0v) is 13.6. The summed E-state index contributed by atoms with van der Waals surface area (Å²) in [7, 11) is 0. The lowest BCUT2D eigenvalue weighted by Gasteiger charge is -2.07. The van der Waals surface area contributed by atoms with Crippen LogP contribution < -0.4 is 5.32 Å². The van der Waals surface area contributed by atoms with Gasteiger partial charge in [-0.05, 0) is 38.8 Å². The Balaban J connectivity index is 1.83. The number of amides is 1. The number of rotatable bonds is 6. The molecule has 0 radical (unpaired) electrons. The van der Waals surface area contributed by atoms with Crippen molar-refractivity contribution in [2.45, 2.75) is 43.0 Å². The second-order valence-corrected chi connectivity index (χ2v) is 6.74. The van der Waals surface area contributed by atoms with Crippen molar-refractivity contribution in [3.8, 4) is 5.69 Å². The molecule has 6 heteroatoms. The second-order valence-electron chi connectivity index (χ2n) is 5.43. The van der Waals surface area contributed by atoms with Gasteiger partial charge in [-0.2, -0.15) is 0 Å². The predicted octanol–water partition coefficient (Wildman–Crippen LogP) is 2.76. The van der Waals surface area contributed by atoms with Gasteiger partial charge in [-0.15, -0.1) is 5.10 Å². The van der Waals surface area contributed by atoms with E-state index in [2.05, 4.69) is 15.4 Å². The van der Waals surface area contributed by atoms with Gasteiger partial charge in [0.15, 0.2) is 0 Å². The molecule has 1 aromatic carbocycles. The van der Waals surface area contributed by atoms with Gasteiger partial charge >= 0.3 is 0 Å². The molecule has 1 heterocycles. The van der Waals surface area contributed by atoms with Crippen LogP contribution >= 0.6 is 11.8 Å². The summed E-state index contributed by atoms with van der Waals surface area (Å²) >= 11 is 1.41. The number of benzene rings is 1. The topological polar surface area (TPSA) is 59.8 Å². The number of carbonyl (C=O) groups excluding carboxylic acids is 1. The molecule has 5 nitrogen and oxygen atoms in total. The van der Waals surface area contributed by atoms with Crippen LogP contribution in [0.2, 0.25) is 0 Å². The Kier molecular flexibility index (Phi) is 4.47. The molecule has 1 atom stereocenters. The minimum atomic E-state index is -0.196. The number of carbonyl (C=O) groups is 1. The Bertz CT molecular complexity index is 651. The van der Waals surface area contributed by atoms with Gasteiger partial charge in [0.1, 0.15) is 5.82 Å². The molecule has 1 saturated carbocycles. The molecule has 1 fully saturated rings. The highest BCUT2D eigenvalue weighted by Crippen LogP contribution is 2.40. The SMILES string of the molecule is CCNC(=O)[C@H](C)Sc1nc(C2CC2)n(-c2ccccc2)n1. The molecule has 0 bridgehead atoms. The highest BCUT2D eigenvalue weighted by Gasteiger charge is 2.31. The Morgan fingerprint density at radius 1 is 1.41 bits per heavy atom. The lowest BCUT2D eigenvalue weighted by Crippen LogP contribution is -2.30. The summed E-state index contributed by atoms with van der Waals surface area (Å²) in [5.74, 6) is 1.54. The fourth-order valence-electron chi connectivity index (χ4n) is 2.25. The highest BCUT2D eigenvalue weighted by molar-refractivity contribution is 8.00. The van der Waals surface area contributed by atoms with Crippen LogP contribution in [0, 0.1) is 0 Å². The first-order chi connectivity index (χ1) is 10.7. The average Bonchev–Trinajstić information content (AvgIpc) is 3.29. The number of hydrogen-bond donors (Lipinski definition) is 1. The Morgan fingerprint density at radius 3 is 2.77 bits per heavy atom. The third kappa shape index (κ3) is 3.32. The Hall–Kier alpha value is -1.82. The van der Waals surface area contributed by atoms with Crippen molar-refractivity contribution < 1.29 is 4.79 Å². The third-order valence-corrected chi connectivity index (χ3v) is 4.51. The van der Waals surface area contributed by atoms with E-state index in [1.54, 1.807) is 0 Å². The number of aromatic nitrogens is 3. The summed E-state index contributed by atoms with van der Waals surface area (Å²) in [5.41, 5.74) is 1.02. The molecule has 0 saturated heterocycles. The van der Waals surface area contributed by atoms with Crippen LogP contribution in [0.5, 0.6) is 0 Å². The molecule has 1 aliphatic rings. The van der Waals surface area contributed by atoms with Crippen molar-refractivity contribution >= 4 is 17.7 Å². The molecule has 0 unspecified atom stereocenters. The lowest BCUT2D eigenvalue weighted by atomic mass is 10.3. The van der Waals surface area contributed by atoms with E-state index in [1.165, 1.54) is 24.6 Å². The summed E-state index contributed by atoms with van der Waals surface area (Å²) < 4.78 is 1.92. The quantitative estimate of drug-likeness (QED) is 0.833. The number of hydrogen-bond acceptors (Lipinski definition) is 4. The van der Waals surface area contributed by atoms with E-state index in [9.17, 15) is 4.79 Å². The summed E-state index contributed by atoms with van der Waals surface area (Å²) in [5, 5.41) is 7.92. The molecule has 1 aromatic heterocycles. The van der Waals surface area contributed by atoms with E-state index in [-0.39, 0.29) is 11.2 Å². The van der Waals surface area contributed by atoms with E-state index in [1.807, 2.05) is 48.9 Å². The van der Waals surface area contributed by atoms with Crippen LogP contribution in [0.1, 0.15) is 38.4 Å². The first-order valence-corrected chi connectivity index (χ1v) is 8.53. The van der Waals surface area contributed by atoms with Gasteiger partial charge in [0.05, 0.1) is 10.9 Å². The molecule has 1 amide bonds. The van der Waals surface area contributed by atoms with E-state index in [4.69, 9.17) is 0 Å². The fraction of sp³-hybridized carbons (Fsp3) is 0.438. The summed E-state index contributed by atoms with van der Waals surface area (Å²) in [6, 6.07) is 10.0. The first kappa shape index (κ1) is 15.1.